The number of carbonyl (C=O) groups excluding carboxylic acids is 1. The molecule has 1 heterocycles. The smallest absolute Gasteiger partial charge is 0.248 e. The quantitative estimate of drug-likeness (QED) is 0.841. The summed E-state index contributed by atoms with van der Waals surface area (Å²) in [6.07, 6.45) is 1.08. The number of carbonyl (C=O) groups is 1. The van der Waals surface area contributed by atoms with Crippen LogP contribution in [0.3, 0.4) is 0 Å². The number of hydrogen-bond donors (Lipinski definition) is 1. The van der Waals surface area contributed by atoms with Crippen LogP contribution in [0.5, 0.6) is 0 Å². The lowest BCUT2D eigenvalue weighted by Crippen LogP contribution is -2.40. The second kappa shape index (κ2) is 5.93. The van der Waals surface area contributed by atoms with Gasteiger partial charge in [0, 0.05) is 25.9 Å². The summed E-state index contributed by atoms with van der Waals surface area (Å²) in [6, 6.07) is 0. The molecule has 116 valence electrons. The van der Waals surface area contributed by atoms with Crippen molar-refractivity contribution in [1.82, 2.24) is 9.62 Å². The van der Waals surface area contributed by atoms with Crippen LogP contribution in [0.4, 0.5) is 8.78 Å². The zero-order chi connectivity index (χ0) is 14.8. The third-order valence-corrected chi connectivity index (χ3v) is 5.85. The van der Waals surface area contributed by atoms with Gasteiger partial charge in [-0.1, -0.05) is 0 Å². The molecule has 1 N–H and O–H groups in total. The zero-order valence-electron chi connectivity index (χ0n) is 11.3. The summed E-state index contributed by atoms with van der Waals surface area (Å²) in [5, 5.41) is 2.65. The lowest BCUT2D eigenvalue weighted by Gasteiger charge is -2.28. The molecule has 8 heteroatoms. The summed E-state index contributed by atoms with van der Waals surface area (Å²) >= 11 is 0. The largest absolute Gasteiger partial charge is 0.355 e. The fourth-order valence-electron chi connectivity index (χ4n) is 2.65. The first kappa shape index (κ1) is 15.6. The molecule has 0 bridgehead atoms. The molecule has 1 amide bonds. The second-order valence-corrected chi connectivity index (χ2v) is 7.69. The number of nitrogens with zero attached hydrogens (tertiary/aromatic N) is 1. The molecule has 1 aliphatic carbocycles. The van der Waals surface area contributed by atoms with Gasteiger partial charge in [0.05, 0.1) is 12.3 Å². The lowest BCUT2D eigenvalue weighted by atomic mass is 9.87. The normalized spacial score (nSPS) is 26.5. The minimum atomic E-state index is -3.27. The Hall–Kier alpha value is -0.760. The van der Waals surface area contributed by atoms with Gasteiger partial charge in [-0.3, -0.25) is 4.79 Å². The van der Waals surface area contributed by atoms with E-state index in [2.05, 4.69) is 5.32 Å². The van der Waals surface area contributed by atoms with E-state index in [9.17, 15) is 22.0 Å². The molecule has 20 heavy (non-hydrogen) atoms. The molecule has 2 aliphatic rings. The van der Waals surface area contributed by atoms with E-state index in [0.717, 1.165) is 0 Å². The average Bonchev–Trinajstić information content (AvgIpc) is 2.67. The number of nitrogens with one attached hydrogen (secondary N) is 1. The Morgan fingerprint density at radius 2 is 1.95 bits per heavy atom. The van der Waals surface area contributed by atoms with Gasteiger partial charge >= 0.3 is 0 Å². The number of amides is 1. The first-order valence-electron chi connectivity index (χ1n) is 6.91. The van der Waals surface area contributed by atoms with Gasteiger partial charge < -0.3 is 5.32 Å². The fourth-order valence-corrected chi connectivity index (χ4v) is 4.12. The van der Waals surface area contributed by atoms with Crippen LogP contribution in [0.2, 0.25) is 0 Å². The van der Waals surface area contributed by atoms with Crippen molar-refractivity contribution in [2.24, 2.45) is 5.92 Å². The van der Waals surface area contributed by atoms with Crippen LogP contribution < -0.4 is 5.32 Å². The molecule has 0 aromatic carbocycles. The highest BCUT2D eigenvalue weighted by Crippen LogP contribution is 2.35. The standard InChI is InChI=1S/C12H20F2N2O3S/c13-12(14)4-2-10(3-5-12)8-15-11(17)9-16-6-1-7-20(16,18)19/h10H,1-9H2,(H,15,17). The molecule has 0 atom stereocenters. The van der Waals surface area contributed by atoms with Crippen molar-refractivity contribution in [2.75, 3.05) is 25.4 Å². The van der Waals surface area contributed by atoms with Crippen LogP contribution in [0.1, 0.15) is 32.1 Å². The molecule has 0 aromatic rings. The summed E-state index contributed by atoms with van der Waals surface area (Å²) in [5.74, 6) is -2.76. The molecule has 1 aliphatic heterocycles. The minimum Gasteiger partial charge on any atom is -0.355 e. The Balaban J connectivity index is 1.71. The molecule has 1 saturated heterocycles. The van der Waals surface area contributed by atoms with Crippen molar-refractivity contribution in [3.63, 3.8) is 0 Å². The predicted molar refractivity (Wildman–Crippen MR) is 69.9 cm³/mol. The summed E-state index contributed by atoms with van der Waals surface area (Å²) < 4.78 is 50.2. The number of hydrogen-bond acceptors (Lipinski definition) is 3. The van der Waals surface area contributed by atoms with Crippen LogP contribution >= 0.6 is 0 Å². The van der Waals surface area contributed by atoms with E-state index < -0.39 is 15.9 Å². The molecule has 0 aromatic heterocycles. The lowest BCUT2D eigenvalue weighted by molar-refractivity contribution is -0.121. The van der Waals surface area contributed by atoms with Crippen molar-refractivity contribution >= 4 is 15.9 Å². The highest BCUT2D eigenvalue weighted by Gasteiger charge is 2.35. The van der Waals surface area contributed by atoms with Gasteiger partial charge in [0.2, 0.25) is 21.9 Å². The number of sulfonamides is 1. The molecule has 5 nitrogen and oxygen atoms in total. The maximum absolute atomic E-state index is 13.0. The van der Waals surface area contributed by atoms with Crippen LogP contribution in [-0.4, -0.2) is 49.9 Å². The zero-order valence-corrected chi connectivity index (χ0v) is 12.1. The monoisotopic (exact) mass is 310 g/mol. The highest BCUT2D eigenvalue weighted by atomic mass is 32.2. The van der Waals surface area contributed by atoms with Crippen molar-refractivity contribution in [1.29, 1.82) is 0 Å². The van der Waals surface area contributed by atoms with Gasteiger partial charge in [0.1, 0.15) is 0 Å². The topological polar surface area (TPSA) is 66.5 Å². The molecule has 0 unspecified atom stereocenters. The van der Waals surface area contributed by atoms with Crippen molar-refractivity contribution < 1.29 is 22.0 Å². The second-order valence-electron chi connectivity index (χ2n) is 5.61. The van der Waals surface area contributed by atoms with Gasteiger partial charge in [-0.05, 0) is 25.2 Å². The first-order valence-corrected chi connectivity index (χ1v) is 8.52. The fraction of sp³-hybridized carbons (Fsp3) is 0.917. The summed E-state index contributed by atoms with van der Waals surface area (Å²) in [7, 11) is -3.27. The first-order chi connectivity index (χ1) is 9.28. The Morgan fingerprint density at radius 3 is 2.50 bits per heavy atom. The van der Waals surface area contributed by atoms with Gasteiger partial charge in [-0.25, -0.2) is 17.2 Å². The average molecular weight is 310 g/mol. The molecular formula is C12H20F2N2O3S. The summed E-state index contributed by atoms with van der Waals surface area (Å²) in [6.45, 7) is 0.569. The van der Waals surface area contributed by atoms with E-state index in [1.54, 1.807) is 0 Å². The van der Waals surface area contributed by atoms with Crippen molar-refractivity contribution in [3.8, 4) is 0 Å². The third kappa shape index (κ3) is 4.12. The van der Waals surface area contributed by atoms with Crippen LogP contribution in [0.25, 0.3) is 0 Å². The minimum absolute atomic E-state index is 0.0637. The highest BCUT2D eigenvalue weighted by molar-refractivity contribution is 7.89. The van der Waals surface area contributed by atoms with E-state index in [4.69, 9.17) is 0 Å². The van der Waals surface area contributed by atoms with Crippen LogP contribution in [0, 0.1) is 5.92 Å². The molecular weight excluding hydrogens is 290 g/mol. The SMILES string of the molecule is O=C(CN1CCCS1(=O)=O)NCC1CCC(F)(F)CC1. The van der Waals surface area contributed by atoms with Gasteiger partial charge in [-0.15, -0.1) is 0 Å². The van der Waals surface area contributed by atoms with E-state index >= 15 is 0 Å². The number of rotatable bonds is 4. The Morgan fingerprint density at radius 1 is 1.30 bits per heavy atom. The summed E-state index contributed by atoms with van der Waals surface area (Å²) in [5.41, 5.74) is 0. The number of alkyl halides is 2. The Labute approximate surface area is 117 Å². The van der Waals surface area contributed by atoms with Gasteiger partial charge in [-0.2, -0.15) is 4.31 Å². The van der Waals surface area contributed by atoms with E-state index in [1.165, 1.54) is 4.31 Å². The van der Waals surface area contributed by atoms with Crippen LogP contribution in [0.15, 0.2) is 0 Å². The number of halogens is 2. The van der Waals surface area contributed by atoms with Gasteiger partial charge in [0.25, 0.3) is 0 Å². The Bertz CT molecular complexity index is 457. The Kier molecular flexibility index (Phi) is 4.63. The maximum Gasteiger partial charge on any atom is 0.248 e. The third-order valence-electron chi connectivity index (χ3n) is 3.95. The molecule has 0 spiro atoms. The van der Waals surface area contributed by atoms with Crippen molar-refractivity contribution in [2.45, 2.75) is 38.0 Å². The van der Waals surface area contributed by atoms with Gasteiger partial charge in [0.15, 0.2) is 0 Å². The molecule has 2 fully saturated rings. The van der Waals surface area contributed by atoms with E-state index in [-0.39, 0.29) is 37.0 Å². The predicted octanol–water partition coefficient (Wildman–Crippen LogP) is 0.964. The van der Waals surface area contributed by atoms with Crippen LogP contribution in [-0.2, 0) is 14.8 Å². The molecule has 1 saturated carbocycles. The maximum atomic E-state index is 13.0. The molecule has 0 radical (unpaired) electrons. The van der Waals surface area contributed by atoms with E-state index in [1.807, 2.05) is 0 Å². The van der Waals surface area contributed by atoms with Crippen molar-refractivity contribution in [3.05, 3.63) is 0 Å². The molecule has 2 rings (SSSR count). The van der Waals surface area contributed by atoms with E-state index in [0.29, 0.717) is 32.4 Å². The summed E-state index contributed by atoms with van der Waals surface area (Å²) in [4.78, 5) is 11.7.